The monoisotopic (exact) mass is 221 g/mol. The van der Waals surface area contributed by atoms with Gasteiger partial charge in [-0.25, -0.2) is 0 Å². The van der Waals surface area contributed by atoms with Crippen LogP contribution in [0.3, 0.4) is 0 Å². The second-order valence-electron chi connectivity index (χ2n) is 4.26. The van der Waals surface area contributed by atoms with Crippen LogP contribution in [0, 0.1) is 0 Å². The van der Waals surface area contributed by atoms with Gasteiger partial charge >= 0.3 is 0 Å². The van der Waals surface area contributed by atoms with Gasteiger partial charge in [-0.2, -0.15) is 0 Å². The van der Waals surface area contributed by atoms with Gasteiger partial charge in [0.1, 0.15) is 5.75 Å². The number of anilines is 1. The molecule has 1 rings (SSSR count). The number of benzene rings is 1. The van der Waals surface area contributed by atoms with Crippen LogP contribution in [0.2, 0.25) is 0 Å². The van der Waals surface area contributed by atoms with Crippen LogP contribution in [0.25, 0.3) is 0 Å². The molecule has 1 aromatic rings. The van der Waals surface area contributed by atoms with Crippen LogP contribution in [-0.4, -0.2) is 20.2 Å². The minimum atomic E-state index is 0.541. The third-order valence-corrected chi connectivity index (χ3v) is 2.97. The first-order chi connectivity index (χ1) is 7.63. The second-order valence-corrected chi connectivity index (χ2v) is 4.26. The average Bonchev–Trinajstić information content (AvgIpc) is 2.30. The molecule has 0 unspecified atom stereocenters. The molecule has 2 nitrogen and oxygen atoms in total. The van der Waals surface area contributed by atoms with Gasteiger partial charge in [0, 0.05) is 13.1 Å². The lowest BCUT2D eigenvalue weighted by Crippen LogP contribution is -2.22. The summed E-state index contributed by atoms with van der Waals surface area (Å²) in [5.74, 6) is 1.52. The first-order valence-electron chi connectivity index (χ1n) is 6.06. The number of nitrogens with zero attached hydrogens (tertiary/aromatic N) is 1. The summed E-state index contributed by atoms with van der Waals surface area (Å²) >= 11 is 0. The molecular weight excluding hydrogens is 198 g/mol. The molecule has 16 heavy (non-hydrogen) atoms. The van der Waals surface area contributed by atoms with Crippen molar-refractivity contribution < 1.29 is 4.74 Å². The minimum Gasteiger partial charge on any atom is -0.495 e. The Morgan fingerprint density at radius 2 is 1.81 bits per heavy atom. The minimum absolute atomic E-state index is 0.541. The van der Waals surface area contributed by atoms with E-state index in [2.05, 4.69) is 50.8 Å². The summed E-state index contributed by atoms with van der Waals surface area (Å²) in [6, 6.07) is 6.51. The molecule has 0 radical (unpaired) electrons. The van der Waals surface area contributed by atoms with Crippen LogP contribution < -0.4 is 9.64 Å². The molecule has 0 heterocycles. The van der Waals surface area contributed by atoms with Crippen LogP contribution >= 0.6 is 0 Å². The van der Waals surface area contributed by atoms with Crippen molar-refractivity contribution in [3.8, 4) is 5.75 Å². The van der Waals surface area contributed by atoms with Gasteiger partial charge in [0.05, 0.1) is 12.8 Å². The van der Waals surface area contributed by atoms with Gasteiger partial charge in [-0.1, -0.05) is 19.9 Å². The molecule has 0 fully saturated rings. The van der Waals surface area contributed by atoms with Crippen molar-refractivity contribution in [2.24, 2.45) is 0 Å². The van der Waals surface area contributed by atoms with Crippen molar-refractivity contribution in [2.75, 3.05) is 25.1 Å². The Hall–Kier alpha value is -1.18. The molecule has 0 aliphatic rings. The van der Waals surface area contributed by atoms with E-state index in [1.54, 1.807) is 7.11 Å². The smallest absolute Gasteiger partial charge is 0.142 e. The predicted molar refractivity (Wildman–Crippen MR) is 70.6 cm³/mol. The molecule has 2 heteroatoms. The molecule has 1 aromatic carbocycles. The zero-order valence-electron chi connectivity index (χ0n) is 11.1. The van der Waals surface area contributed by atoms with E-state index in [4.69, 9.17) is 4.74 Å². The summed E-state index contributed by atoms with van der Waals surface area (Å²) in [4.78, 5) is 2.31. The Kier molecular flexibility index (Phi) is 4.66. The van der Waals surface area contributed by atoms with Gasteiger partial charge in [0.15, 0.2) is 0 Å². The molecule has 0 saturated heterocycles. The number of hydrogen-bond donors (Lipinski definition) is 0. The van der Waals surface area contributed by atoms with Crippen molar-refractivity contribution in [1.29, 1.82) is 0 Å². The van der Waals surface area contributed by atoms with Crippen molar-refractivity contribution in [1.82, 2.24) is 0 Å². The van der Waals surface area contributed by atoms with E-state index >= 15 is 0 Å². The van der Waals surface area contributed by atoms with E-state index in [0.29, 0.717) is 5.92 Å². The number of methoxy groups -OCH3 is 1. The van der Waals surface area contributed by atoms with E-state index in [9.17, 15) is 0 Å². The molecule has 0 N–H and O–H groups in total. The van der Waals surface area contributed by atoms with E-state index in [0.717, 1.165) is 18.8 Å². The van der Waals surface area contributed by atoms with Crippen LogP contribution in [-0.2, 0) is 0 Å². The van der Waals surface area contributed by atoms with Crippen LogP contribution in [0.1, 0.15) is 39.2 Å². The van der Waals surface area contributed by atoms with Gasteiger partial charge in [-0.05, 0) is 37.5 Å². The molecule has 0 aliphatic carbocycles. The fraction of sp³-hybridized carbons (Fsp3) is 0.571. The molecular formula is C14H23NO. The molecule has 0 saturated carbocycles. The fourth-order valence-corrected chi connectivity index (χ4v) is 1.88. The maximum atomic E-state index is 5.48. The van der Waals surface area contributed by atoms with Crippen molar-refractivity contribution >= 4 is 5.69 Å². The third-order valence-electron chi connectivity index (χ3n) is 2.97. The molecule has 0 bridgehead atoms. The zero-order valence-corrected chi connectivity index (χ0v) is 11.1. The zero-order chi connectivity index (χ0) is 12.1. The lowest BCUT2D eigenvalue weighted by molar-refractivity contribution is 0.413. The molecule has 0 atom stereocenters. The Balaban J connectivity index is 3.10. The first-order valence-corrected chi connectivity index (χ1v) is 6.06. The SMILES string of the molecule is CCN(CC)c1ccc(C(C)C)cc1OC. The molecule has 0 aromatic heterocycles. The largest absolute Gasteiger partial charge is 0.495 e. The quantitative estimate of drug-likeness (QED) is 0.752. The molecule has 0 aliphatic heterocycles. The van der Waals surface area contributed by atoms with Gasteiger partial charge in [-0.3, -0.25) is 0 Å². The van der Waals surface area contributed by atoms with Gasteiger partial charge < -0.3 is 9.64 Å². The lowest BCUT2D eigenvalue weighted by Gasteiger charge is -2.24. The topological polar surface area (TPSA) is 12.5 Å². The highest BCUT2D eigenvalue weighted by atomic mass is 16.5. The van der Waals surface area contributed by atoms with Crippen molar-refractivity contribution in [3.05, 3.63) is 23.8 Å². The Morgan fingerprint density at radius 3 is 2.25 bits per heavy atom. The molecule has 90 valence electrons. The van der Waals surface area contributed by atoms with Crippen LogP contribution in [0.4, 0.5) is 5.69 Å². The van der Waals surface area contributed by atoms with Crippen molar-refractivity contribution in [3.63, 3.8) is 0 Å². The summed E-state index contributed by atoms with van der Waals surface area (Å²) in [7, 11) is 1.74. The summed E-state index contributed by atoms with van der Waals surface area (Å²) < 4.78 is 5.48. The number of hydrogen-bond acceptors (Lipinski definition) is 2. The third kappa shape index (κ3) is 2.69. The van der Waals surface area contributed by atoms with Crippen molar-refractivity contribution in [2.45, 2.75) is 33.6 Å². The lowest BCUT2D eigenvalue weighted by atomic mass is 10.0. The summed E-state index contributed by atoms with van der Waals surface area (Å²) in [6.07, 6.45) is 0. The van der Waals surface area contributed by atoms with E-state index < -0.39 is 0 Å². The van der Waals surface area contributed by atoms with Gasteiger partial charge in [0.25, 0.3) is 0 Å². The van der Waals surface area contributed by atoms with Gasteiger partial charge in [-0.15, -0.1) is 0 Å². The Bertz CT molecular complexity index is 330. The van der Waals surface area contributed by atoms with Crippen LogP contribution in [0.5, 0.6) is 5.75 Å². The molecule has 0 amide bonds. The Morgan fingerprint density at radius 1 is 1.19 bits per heavy atom. The number of rotatable bonds is 5. The molecule has 0 spiro atoms. The second kappa shape index (κ2) is 5.78. The average molecular weight is 221 g/mol. The number of ether oxygens (including phenoxy) is 1. The maximum absolute atomic E-state index is 5.48. The van der Waals surface area contributed by atoms with E-state index in [1.807, 2.05) is 0 Å². The summed E-state index contributed by atoms with van der Waals surface area (Å²) in [5, 5.41) is 0. The van der Waals surface area contributed by atoms with Crippen LogP contribution in [0.15, 0.2) is 18.2 Å². The maximum Gasteiger partial charge on any atom is 0.142 e. The normalized spacial score (nSPS) is 10.6. The van der Waals surface area contributed by atoms with E-state index in [-0.39, 0.29) is 0 Å². The van der Waals surface area contributed by atoms with E-state index in [1.165, 1.54) is 11.3 Å². The predicted octanol–water partition coefficient (Wildman–Crippen LogP) is 3.66. The van der Waals surface area contributed by atoms with Gasteiger partial charge in [0.2, 0.25) is 0 Å². The summed E-state index contributed by atoms with van der Waals surface area (Å²) in [5.41, 5.74) is 2.52. The highest BCUT2D eigenvalue weighted by Gasteiger charge is 2.10. The first kappa shape index (κ1) is 12.9. The summed E-state index contributed by atoms with van der Waals surface area (Å²) in [6.45, 7) is 10.7. The highest BCUT2D eigenvalue weighted by Crippen LogP contribution is 2.31. The highest BCUT2D eigenvalue weighted by molar-refractivity contribution is 5.60. The standard InChI is InChI=1S/C14H23NO/c1-6-15(7-2)13-9-8-12(11(3)4)10-14(13)16-5/h8-11H,6-7H2,1-5H3. The Labute approximate surface area is 99.2 Å². The fourth-order valence-electron chi connectivity index (χ4n) is 1.88.